The smallest absolute Gasteiger partial charge is 0.320 e. The number of ether oxygens (including phenoxy) is 1. The third kappa shape index (κ3) is 10.5. The molecule has 0 aliphatic heterocycles. The number of rotatable bonds is 15. The molecule has 0 aromatic heterocycles. The second kappa shape index (κ2) is 14.1. The molecule has 0 saturated heterocycles. The van der Waals surface area contributed by atoms with Crippen molar-refractivity contribution in [1.82, 2.24) is 16.0 Å². The zero-order valence-corrected chi connectivity index (χ0v) is 22.8. The number of carbonyl (C=O) groups excluding carboxylic acids is 3. The fraction of sp³-hybridized carbons (Fsp3) is 0.538. The molecule has 5 N–H and O–H groups in total. The van der Waals surface area contributed by atoms with E-state index in [0.717, 1.165) is 6.08 Å². The zero-order valence-electron chi connectivity index (χ0n) is 22.0. The molecule has 37 heavy (non-hydrogen) atoms. The molecular formula is C26H38ClN3O7. The van der Waals surface area contributed by atoms with Crippen LogP contribution in [0.25, 0.3) is 0 Å². The minimum absolute atomic E-state index is 0.0908. The van der Waals surface area contributed by atoms with Gasteiger partial charge in [-0.2, -0.15) is 0 Å². The highest BCUT2D eigenvalue weighted by atomic mass is 35.5. The Morgan fingerprint density at radius 1 is 1.16 bits per heavy atom. The van der Waals surface area contributed by atoms with E-state index in [9.17, 15) is 29.4 Å². The second-order valence-electron chi connectivity index (χ2n) is 10.3. The number of halogens is 1. The summed E-state index contributed by atoms with van der Waals surface area (Å²) >= 11 is 6.17. The van der Waals surface area contributed by atoms with Crippen LogP contribution in [0.5, 0.6) is 5.75 Å². The van der Waals surface area contributed by atoms with E-state index in [0.29, 0.717) is 22.8 Å². The third-order valence-corrected chi connectivity index (χ3v) is 6.07. The first-order valence-electron chi connectivity index (χ1n) is 11.8. The number of aliphatic carboxylic acids is 1. The number of carboxylic acids is 1. The first kappa shape index (κ1) is 32.1. The summed E-state index contributed by atoms with van der Waals surface area (Å²) in [7, 11) is 1.48. The number of carboxylic acid groups (broad SMARTS) is 1. The Hall–Kier alpha value is -2.95. The van der Waals surface area contributed by atoms with Crippen molar-refractivity contribution >= 4 is 35.2 Å². The van der Waals surface area contributed by atoms with E-state index in [1.807, 2.05) is 20.8 Å². The van der Waals surface area contributed by atoms with Crippen LogP contribution in [0, 0.1) is 10.8 Å². The molecule has 3 atom stereocenters. The lowest BCUT2D eigenvalue weighted by molar-refractivity contribution is -0.140. The van der Waals surface area contributed by atoms with Crippen molar-refractivity contribution in [3.05, 3.63) is 41.4 Å². The van der Waals surface area contributed by atoms with Crippen molar-refractivity contribution in [2.75, 3.05) is 26.8 Å². The fourth-order valence-electron chi connectivity index (χ4n) is 3.45. The van der Waals surface area contributed by atoms with Gasteiger partial charge in [0.1, 0.15) is 17.8 Å². The van der Waals surface area contributed by atoms with Gasteiger partial charge in [-0.1, -0.05) is 45.0 Å². The minimum Gasteiger partial charge on any atom is -0.495 e. The molecular weight excluding hydrogens is 502 g/mol. The summed E-state index contributed by atoms with van der Waals surface area (Å²) in [5.74, 6) is -2.24. The van der Waals surface area contributed by atoms with Gasteiger partial charge in [0.2, 0.25) is 11.8 Å². The molecule has 11 heteroatoms. The molecule has 10 nitrogen and oxygen atoms in total. The Morgan fingerprint density at radius 2 is 1.81 bits per heavy atom. The highest BCUT2D eigenvalue weighted by molar-refractivity contribution is 6.32. The normalized spacial score (nSPS) is 14.6. The highest BCUT2D eigenvalue weighted by Gasteiger charge is 2.35. The van der Waals surface area contributed by atoms with Gasteiger partial charge in [-0.3, -0.25) is 24.5 Å². The molecule has 2 amide bonds. The Bertz CT molecular complexity index is 993. The van der Waals surface area contributed by atoms with Crippen molar-refractivity contribution < 1.29 is 34.1 Å². The largest absolute Gasteiger partial charge is 0.495 e. The number of ketones is 1. The molecule has 0 saturated carbocycles. The predicted octanol–water partition coefficient (Wildman–Crippen LogP) is 1.72. The predicted molar refractivity (Wildman–Crippen MR) is 141 cm³/mol. The summed E-state index contributed by atoms with van der Waals surface area (Å²) in [6.45, 7) is 9.42. The maximum atomic E-state index is 13.0. The van der Waals surface area contributed by atoms with E-state index in [-0.39, 0.29) is 24.9 Å². The molecule has 0 heterocycles. The summed E-state index contributed by atoms with van der Waals surface area (Å²) in [5, 5.41) is 27.7. The van der Waals surface area contributed by atoms with Crippen LogP contribution in [0.4, 0.5) is 0 Å². The monoisotopic (exact) mass is 539 g/mol. The highest BCUT2D eigenvalue weighted by Crippen LogP contribution is 2.26. The SMILES string of the molecule is C=CC(=O)NC(Cc1ccc(OC)c(Cl)c1)C(=O)NCC(C)(CO)C(=O)CN[C@@H](CC(C)(C)C)C(=O)O. The molecule has 0 aliphatic carbocycles. The van der Waals surface area contributed by atoms with Crippen LogP contribution in [-0.4, -0.2) is 72.7 Å². The van der Waals surface area contributed by atoms with E-state index < -0.39 is 47.7 Å². The number of hydrogen-bond donors (Lipinski definition) is 5. The van der Waals surface area contributed by atoms with Gasteiger partial charge in [-0.25, -0.2) is 0 Å². The van der Waals surface area contributed by atoms with Crippen LogP contribution < -0.4 is 20.7 Å². The third-order valence-electron chi connectivity index (χ3n) is 5.77. The van der Waals surface area contributed by atoms with E-state index in [1.54, 1.807) is 18.2 Å². The quantitative estimate of drug-likeness (QED) is 0.211. The molecule has 0 radical (unpaired) electrons. The number of carbonyl (C=O) groups is 4. The van der Waals surface area contributed by atoms with Crippen molar-refractivity contribution in [2.24, 2.45) is 10.8 Å². The van der Waals surface area contributed by atoms with E-state index >= 15 is 0 Å². The van der Waals surface area contributed by atoms with E-state index in [2.05, 4.69) is 22.5 Å². The Labute approximate surface area is 222 Å². The van der Waals surface area contributed by atoms with Crippen LogP contribution >= 0.6 is 11.6 Å². The van der Waals surface area contributed by atoms with Gasteiger partial charge >= 0.3 is 5.97 Å². The summed E-state index contributed by atoms with van der Waals surface area (Å²) < 4.78 is 5.13. The first-order valence-corrected chi connectivity index (χ1v) is 12.2. The topological polar surface area (TPSA) is 154 Å². The van der Waals surface area contributed by atoms with Gasteiger partial charge in [-0.05, 0) is 42.5 Å². The zero-order chi connectivity index (χ0) is 28.4. The average Bonchev–Trinajstić information content (AvgIpc) is 2.83. The van der Waals surface area contributed by atoms with Crippen LogP contribution in [0.1, 0.15) is 39.7 Å². The van der Waals surface area contributed by atoms with E-state index in [1.165, 1.54) is 14.0 Å². The lowest BCUT2D eigenvalue weighted by Crippen LogP contribution is -2.53. The molecule has 0 fully saturated rings. The first-order chi connectivity index (χ1) is 17.2. The van der Waals surface area contributed by atoms with Crippen LogP contribution in [0.15, 0.2) is 30.9 Å². The number of aliphatic hydroxyl groups excluding tert-OH is 1. The second-order valence-corrected chi connectivity index (χ2v) is 10.7. The van der Waals surface area contributed by atoms with Gasteiger partial charge in [-0.15, -0.1) is 0 Å². The standard InChI is InChI=1S/C26H38ClN3O7/c1-7-22(33)30-18(11-16-8-9-20(37-6)17(27)10-16)23(34)29-14-26(5,15-31)21(32)13-28-19(24(35)36)12-25(2,3)4/h7-10,18-19,28,31H,1,11-15H2,2-6H3,(H,29,34)(H,30,33)(H,35,36)/t18?,19-,26?/m0/s1. The van der Waals surface area contributed by atoms with Gasteiger partial charge < -0.3 is 25.6 Å². The molecule has 1 rings (SSSR count). The Morgan fingerprint density at radius 3 is 2.30 bits per heavy atom. The van der Waals surface area contributed by atoms with Crippen molar-refractivity contribution in [2.45, 2.75) is 52.6 Å². The minimum atomic E-state index is -1.39. The maximum absolute atomic E-state index is 13.0. The van der Waals surface area contributed by atoms with Crippen LogP contribution in [0.2, 0.25) is 5.02 Å². The van der Waals surface area contributed by atoms with Gasteiger partial charge in [0, 0.05) is 13.0 Å². The van der Waals surface area contributed by atoms with Crippen LogP contribution in [-0.2, 0) is 25.6 Å². The Balaban J connectivity index is 2.93. The number of amides is 2. The molecule has 0 spiro atoms. The number of benzene rings is 1. The van der Waals surface area contributed by atoms with Crippen molar-refractivity contribution in [3.63, 3.8) is 0 Å². The molecule has 1 aromatic rings. The number of nitrogens with one attached hydrogen (secondary N) is 3. The summed E-state index contributed by atoms with van der Waals surface area (Å²) in [4.78, 5) is 49.4. The Kier molecular flexibility index (Phi) is 12.2. The van der Waals surface area contributed by atoms with Crippen molar-refractivity contribution in [1.29, 1.82) is 0 Å². The maximum Gasteiger partial charge on any atom is 0.320 e. The van der Waals surface area contributed by atoms with Gasteiger partial charge in [0.15, 0.2) is 5.78 Å². The summed E-state index contributed by atoms with van der Waals surface area (Å²) in [6.07, 6.45) is 1.42. The fourth-order valence-corrected chi connectivity index (χ4v) is 3.73. The molecule has 1 aromatic carbocycles. The number of Topliss-reactive ketones (excluding diaryl/α,β-unsaturated/α-hetero) is 1. The summed E-state index contributed by atoms with van der Waals surface area (Å²) in [5.41, 5.74) is -1.02. The lowest BCUT2D eigenvalue weighted by atomic mass is 9.85. The number of methoxy groups -OCH3 is 1. The molecule has 206 valence electrons. The van der Waals surface area contributed by atoms with Crippen LogP contribution in [0.3, 0.4) is 0 Å². The molecule has 0 aliphatic rings. The average molecular weight is 540 g/mol. The molecule has 2 unspecified atom stereocenters. The lowest BCUT2D eigenvalue weighted by Gasteiger charge is -2.29. The summed E-state index contributed by atoms with van der Waals surface area (Å²) in [6, 6.07) is 2.99. The molecule has 0 bridgehead atoms. The number of hydrogen-bond acceptors (Lipinski definition) is 7. The van der Waals surface area contributed by atoms with Gasteiger partial charge in [0.25, 0.3) is 0 Å². The van der Waals surface area contributed by atoms with Gasteiger partial charge in [0.05, 0.1) is 30.7 Å². The number of aliphatic hydroxyl groups is 1. The van der Waals surface area contributed by atoms with Crippen molar-refractivity contribution in [3.8, 4) is 5.75 Å². The van der Waals surface area contributed by atoms with E-state index in [4.69, 9.17) is 16.3 Å².